The van der Waals surface area contributed by atoms with Crippen LogP contribution < -0.4 is 0 Å². The molecule has 0 saturated heterocycles. The SMILES string of the molecule is c1ccc2c(c1)-c1c(ccc3c1[nH]c1ccccc13)C21C2CC3CC4CC1C2(C3)C4. The van der Waals surface area contributed by atoms with E-state index in [1.807, 2.05) is 0 Å². The third-order valence-corrected chi connectivity index (χ3v) is 10.4. The molecule has 4 aromatic rings. The molecule has 1 nitrogen and oxygen atoms in total. The molecule has 2 spiro atoms. The number of hydrogen-bond donors (Lipinski definition) is 1. The van der Waals surface area contributed by atoms with Gasteiger partial charge in [-0.1, -0.05) is 54.6 Å². The number of hydrogen-bond acceptors (Lipinski definition) is 0. The van der Waals surface area contributed by atoms with Crippen molar-refractivity contribution >= 4 is 21.8 Å². The summed E-state index contributed by atoms with van der Waals surface area (Å²) in [5, 5.41) is 2.75. The Morgan fingerprint density at radius 1 is 0.700 bits per heavy atom. The van der Waals surface area contributed by atoms with E-state index in [2.05, 4.69) is 65.6 Å². The minimum absolute atomic E-state index is 0.293. The van der Waals surface area contributed by atoms with E-state index >= 15 is 0 Å². The minimum Gasteiger partial charge on any atom is -0.354 e. The fourth-order valence-corrected chi connectivity index (χ4v) is 10.0. The molecular formula is C29H25N. The maximum Gasteiger partial charge on any atom is 0.0547 e. The monoisotopic (exact) mass is 387 g/mol. The fourth-order valence-electron chi connectivity index (χ4n) is 10.0. The van der Waals surface area contributed by atoms with E-state index in [1.54, 1.807) is 11.1 Å². The molecule has 0 aliphatic heterocycles. The van der Waals surface area contributed by atoms with E-state index in [0.29, 0.717) is 10.8 Å². The van der Waals surface area contributed by atoms with Gasteiger partial charge in [0, 0.05) is 27.3 Å². The molecule has 1 heterocycles. The van der Waals surface area contributed by atoms with Crippen molar-refractivity contribution in [1.82, 2.24) is 4.98 Å². The van der Waals surface area contributed by atoms with Gasteiger partial charge in [-0.05, 0) is 83.9 Å². The van der Waals surface area contributed by atoms with Crippen molar-refractivity contribution < 1.29 is 0 Å². The van der Waals surface area contributed by atoms with Crippen LogP contribution in [0.3, 0.4) is 0 Å². The van der Waals surface area contributed by atoms with Crippen LogP contribution in [0.25, 0.3) is 32.9 Å². The highest BCUT2D eigenvalue weighted by atomic mass is 14.8. The molecule has 9 rings (SSSR count). The fraction of sp³-hybridized carbons (Fsp3) is 0.379. The first-order chi connectivity index (χ1) is 14.8. The molecular weight excluding hydrogens is 362 g/mol. The van der Waals surface area contributed by atoms with Crippen LogP contribution in [0.2, 0.25) is 0 Å². The van der Waals surface area contributed by atoms with Gasteiger partial charge in [0.25, 0.3) is 0 Å². The summed E-state index contributed by atoms with van der Waals surface area (Å²) in [6.45, 7) is 0. The van der Waals surface area contributed by atoms with Gasteiger partial charge in [0.05, 0.1) is 5.52 Å². The normalized spacial score (nSPS) is 38.9. The zero-order valence-electron chi connectivity index (χ0n) is 17.1. The molecule has 30 heavy (non-hydrogen) atoms. The number of benzene rings is 3. The number of nitrogens with one attached hydrogen (secondary N) is 1. The molecule has 3 aromatic carbocycles. The standard InChI is InChI=1S/C29H25N/c1-3-7-21-20(6-1)26-22(10-9-19-18-5-2-4-8-23(18)30-27(19)26)29(21)24-12-16-11-17-13-25(29)28(24,14-16)15-17/h1-10,16-17,24-25,30H,11-15H2. The molecule has 0 radical (unpaired) electrons. The van der Waals surface area contributed by atoms with Gasteiger partial charge >= 0.3 is 0 Å². The number of para-hydroxylation sites is 1. The molecule has 4 unspecified atom stereocenters. The molecule has 146 valence electrons. The smallest absolute Gasteiger partial charge is 0.0547 e. The lowest BCUT2D eigenvalue weighted by molar-refractivity contribution is -0.0820. The molecule has 1 N–H and O–H groups in total. The van der Waals surface area contributed by atoms with Gasteiger partial charge in [0.15, 0.2) is 0 Å². The maximum absolute atomic E-state index is 3.84. The number of rotatable bonds is 0. The lowest BCUT2D eigenvalue weighted by Gasteiger charge is -2.64. The second-order valence-electron chi connectivity index (χ2n) is 11.2. The molecule has 1 aromatic heterocycles. The first-order valence-corrected chi connectivity index (χ1v) is 11.9. The number of H-pyrrole nitrogens is 1. The molecule has 4 saturated carbocycles. The Hall–Kier alpha value is -2.54. The average molecular weight is 388 g/mol. The third-order valence-electron chi connectivity index (χ3n) is 10.4. The van der Waals surface area contributed by atoms with Gasteiger partial charge in [0.1, 0.15) is 0 Å². The molecule has 5 aliphatic rings. The Kier molecular flexibility index (Phi) is 2.31. The highest BCUT2D eigenvalue weighted by Gasteiger charge is 2.79. The average Bonchev–Trinajstić information content (AvgIpc) is 3.43. The molecule has 1 heteroatoms. The summed E-state index contributed by atoms with van der Waals surface area (Å²) >= 11 is 0. The highest BCUT2D eigenvalue weighted by molar-refractivity contribution is 6.14. The highest BCUT2D eigenvalue weighted by Crippen LogP contribution is 2.85. The Labute approximate surface area is 176 Å². The van der Waals surface area contributed by atoms with E-state index in [0.717, 1.165) is 23.7 Å². The van der Waals surface area contributed by atoms with Crippen LogP contribution in [0.15, 0.2) is 60.7 Å². The Bertz CT molecular complexity index is 1400. The Balaban J connectivity index is 1.42. The zero-order chi connectivity index (χ0) is 19.2. The summed E-state index contributed by atoms with van der Waals surface area (Å²) in [6.07, 6.45) is 7.55. The third kappa shape index (κ3) is 1.34. The quantitative estimate of drug-likeness (QED) is 0.333. The predicted molar refractivity (Wildman–Crippen MR) is 121 cm³/mol. The van der Waals surface area contributed by atoms with E-state index in [-0.39, 0.29) is 0 Å². The Morgan fingerprint density at radius 3 is 2.33 bits per heavy atom. The van der Waals surface area contributed by atoms with Crippen LogP contribution in [0.1, 0.15) is 43.2 Å². The van der Waals surface area contributed by atoms with Crippen LogP contribution in [-0.2, 0) is 5.41 Å². The summed E-state index contributed by atoms with van der Waals surface area (Å²) < 4.78 is 0. The summed E-state index contributed by atoms with van der Waals surface area (Å²) in [7, 11) is 0. The van der Waals surface area contributed by atoms with E-state index in [1.165, 1.54) is 65.0 Å². The molecule has 4 atom stereocenters. The van der Waals surface area contributed by atoms with Crippen molar-refractivity contribution in [3.63, 3.8) is 0 Å². The van der Waals surface area contributed by atoms with Crippen LogP contribution in [0, 0.1) is 29.1 Å². The van der Waals surface area contributed by atoms with Crippen LogP contribution in [-0.4, -0.2) is 4.98 Å². The van der Waals surface area contributed by atoms with Crippen molar-refractivity contribution in [2.45, 2.75) is 37.5 Å². The lowest BCUT2D eigenvalue weighted by Crippen LogP contribution is -2.62. The van der Waals surface area contributed by atoms with E-state index < -0.39 is 0 Å². The first kappa shape index (κ1) is 15.3. The van der Waals surface area contributed by atoms with E-state index in [4.69, 9.17) is 0 Å². The number of aromatic nitrogens is 1. The molecule has 5 aliphatic carbocycles. The predicted octanol–water partition coefficient (Wildman–Crippen LogP) is 7.04. The maximum atomic E-state index is 3.84. The topological polar surface area (TPSA) is 15.8 Å². The summed E-state index contributed by atoms with van der Waals surface area (Å²) in [4.78, 5) is 3.84. The Morgan fingerprint density at radius 2 is 1.47 bits per heavy atom. The van der Waals surface area contributed by atoms with Gasteiger partial charge in [-0.2, -0.15) is 0 Å². The zero-order valence-corrected chi connectivity index (χ0v) is 17.1. The van der Waals surface area contributed by atoms with Crippen molar-refractivity contribution in [2.24, 2.45) is 29.1 Å². The van der Waals surface area contributed by atoms with Gasteiger partial charge in [-0.25, -0.2) is 0 Å². The van der Waals surface area contributed by atoms with Crippen LogP contribution >= 0.6 is 0 Å². The lowest BCUT2D eigenvalue weighted by atomic mass is 9.38. The van der Waals surface area contributed by atoms with Crippen LogP contribution in [0.4, 0.5) is 0 Å². The summed E-state index contributed by atoms with van der Waals surface area (Å²) in [5.41, 5.74) is 9.99. The largest absolute Gasteiger partial charge is 0.354 e. The molecule has 4 fully saturated rings. The number of fused-ring (bicyclic) bond motifs is 13. The van der Waals surface area contributed by atoms with Gasteiger partial charge in [-0.15, -0.1) is 0 Å². The minimum atomic E-state index is 0.293. The van der Waals surface area contributed by atoms with E-state index in [9.17, 15) is 0 Å². The van der Waals surface area contributed by atoms with Crippen molar-refractivity contribution in [3.05, 3.63) is 71.8 Å². The van der Waals surface area contributed by atoms with Crippen molar-refractivity contribution in [3.8, 4) is 11.1 Å². The van der Waals surface area contributed by atoms with Crippen LogP contribution in [0.5, 0.6) is 0 Å². The van der Waals surface area contributed by atoms with Crippen molar-refractivity contribution in [2.75, 3.05) is 0 Å². The van der Waals surface area contributed by atoms with Gasteiger partial charge < -0.3 is 4.98 Å². The number of aromatic amines is 1. The second-order valence-corrected chi connectivity index (χ2v) is 11.2. The second kappa shape index (κ2) is 4.54. The van der Waals surface area contributed by atoms with Gasteiger partial charge in [0.2, 0.25) is 0 Å². The molecule has 0 amide bonds. The van der Waals surface area contributed by atoms with Crippen molar-refractivity contribution in [1.29, 1.82) is 0 Å². The summed E-state index contributed by atoms with van der Waals surface area (Å²) in [6, 6.07) is 23.3. The molecule has 3 bridgehead atoms. The first-order valence-electron chi connectivity index (χ1n) is 11.9. The summed E-state index contributed by atoms with van der Waals surface area (Å²) in [5.74, 6) is 3.76. The van der Waals surface area contributed by atoms with Gasteiger partial charge in [-0.3, -0.25) is 0 Å².